The third kappa shape index (κ3) is 4.57. The summed E-state index contributed by atoms with van der Waals surface area (Å²) in [5.41, 5.74) is 6.60. The van der Waals surface area contributed by atoms with E-state index in [1.165, 1.54) is 6.07 Å². The number of aliphatic hydroxyl groups excluding tert-OH is 1. The number of ether oxygens (including phenoxy) is 1. The van der Waals surface area contributed by atoms with Crippen LogP contribution in [0.3, 0.4) is 0 Å². The minimum atomic E-state index is -0.314. The van der Waals surface area contributed by atoms with Gasteiger partial charge in [0, 0.05) is 12.1 Å². The van der Waals surface area contributed by atoms with E-state index >= 15 is 0 Å². The number of halogens is 2. The van der Waals surface area contributed by atoms with Crippen molar-refractivity contribution in [2.24, 2.45) is 5.73 Å². The zero-order chi connectivity index (χ0) is 10.4. The van der Waals surface area contributed by atoms with E-state index in [1.807, 2.05) is 0 Å². The summed E-state index contributed by atoms with van der Waals surface area (Å²) in [6.07, 6.45) is 0. The third-order valence-electron chi connectivity index (χ3n) is 1.85. The molecular weight excluding hydrogens is 221 g/mol. The summed E-state index contributed by atoms with van der Waals surface area (Å²) in [5, 5.41) is 8.46. The second kappa shape index (κ2) is 7.59. The molecule has 86 valence electrons. The molecule has 0 fully saturated rings. The number of hydrogen-bond acceptors (Lipinski definition) is 3. The van der Waals surface area contributed by atoms with Crippen LogP contribution in [0.1, 0.15) is 11.1 Å². The standard InChI is InChI=1S/C10H14FNO2.ClH/c11-10-5-8(6-12)1-2-9(10)7-14-4-3-13;/h1-2,5,13H,3-4,6-7,12H2;1H. The largest absolute Gasteiger partial charge is 0.394 e. The molecule has 1 aromatic rings. The van der Waals surface area contributed by atoms with Gasteiger partial charge in [0.05, 0.1) is 19.8 Å². The number of rotatable bonds is 5. The Morgan fingerprint density at radius 2 is 2.13 bits per heavy atom. The Hall–Kier alpha value is -0.680. The monoisotopic (exact) mass is 235 g/mol. The highest BCUT2D eigenvalue weighted by Crippen LogP contribution is 2.11. The maximum Gasteiger partial charge on any atom is 0.129 e. The lowest BCUT2D eigenvalue weighted by atomic mass is 10.1. The second-order valence-corrected chi connectivity index (χ2v) is 2.91. The molecule has 0 amide bonds. The van der Waals surface area contributed by atoms with Crippen LogP contribution < -0.4 is 5.73 Å². The van der Waals surface area contributed by atoms with Crippen molar-refractivity contribution in [3.05, 3.63) is 35.1 Å². The summed E-state index contributed by atoms with van der Waals surface area (Å²) in [5.74, 6) is -0.314. The molecular formula is C10H15ClFNO2. The van der Waals surface area contributed by atoms with E-state index in [2.05, 4.69) is 0 Å². The van der Waals surface area contributed by atoms with Gasteiger partial charge in [0.15, 0.2) is 0 Å². The predicted molar refractivity (Wildman–Crippen MR) is 58.3 cm³/mol. The van der Waals surface area contributed by atoms with Crippen molar-refractivity contribution in [3.8, 4) is 0 Å². The molecule has 0 saturated heterocycles. The van der Waals surface area contributed by atoms with Gasteiger partial charge in [-0.15, -0.1) is 12.4 Å². The smallest absolute Gasteiger partial charge is 0.129 e. The van der Waals surface area contributed by atoms with Crippen molar-refractivity contribution >= 4 is 12.4 Å². The highest BCUT2D eigenvalue weighted by molar-refractivity contribution is 5.85. The summed E-state index contributed by atoms with van der Waals surface area (Å²) >= 11 is 0. The molecule has 0 aromatic heterocycles. The fourth-order valence-electron chi connectivity index (χ4n) is 1.08. The lowest BCUT2D eigenvalue weighted by Crippen LogP contribution is -2.03. The molecule has 0 unspecified atom stereocenters. The fraction of sp³-hybridized carbons (Fsp3) is 0.400. The van der Waals surface area contributed by atoms with Gasteiger partial charge in [-0.3, -0.25) is 0 Å². The molecule has 0 heterocycles. The highest BCUT2D eigenvalue weighted by Gasteiger charge is 2.02. The average Bonchev–Trinajstić information content (AvgIpc) is 2.20. The van der Waals surface area contributed by atoms with Crippen LogP contribution in [0.2, 0.25) is 0 Å². The molecule has 5 heteroatoms. The summed E-state index contributed by atoms with van der Waals surface area (Å²) in [6.45, 7) is 0.673. The molecule has 1 rings (SSSR count). The van der Waals surface area contributed by atoms with Crippen LogP contribution >= 0.6 is 12.4 Å². The van der Waals surface area contributed by atoms with Crippen LogP contribution in [-0.2, 0) is 17.9 Å². The van der Waals surface area contributed by atoms with Crippen LogP contribution in [0.5, 0.6) is 0 Å². The average molecular weight is 236 g/mol. The first-order valence-corrected chi connectivity index (χ1v) is 4.44. The van der Waals surface area contributed by atoms with E-state index in [1.54, 1.807) is 12.1 Å². The highest BCUT2D eigenvalue weighted by atomic mass is 35.5. The Balaban J connectivity index is 0.00000196. The second-order valence-electron chi connectivity index (χ2n) is 2.91. The van der Waals surface area contributed by atoms with E-state index in [0.717, 1.165) is 5.56 Å². The van der Waals surface area contributed by atoms with Gasteiger partial charge in [-0.2, -0.15) is 0 Å². The van der Waals surface area contributed by atoms with Crippen molar-refractivity contribution in [3.63, 3.8) is 0 Å². The molecule has 3 nitrogen and oxygen atoms in total. The van der Waals surface area contributed by atoms with Crippen LogP contribution in [0, 0.1) is 5.82 Å². The minimum Gasteiger partial charge on any atom is -0.394 e. The molecule has 0 saturated carbocycles. The van der Waals surface area contributed by atoms with Crippen LogP contribution in [0.25, 0.3) is 0 Å². The Bertz CT molecular complexity index is 297. The van der Waals surface area contributed by atoms with E-state index in [0.29, 0.717) is 12.1 Å². The fourth-order valence-corrected chi connectivity index (χ4v) is 1.08. The Labute approximate surface area is 94.5 Å². The minimum absolute atomic E-state index is 0. The van der Waals surface area contributed by atoms with E-state index in [9.17, 15) is 4.39 Å². The number of nitrogens with two attached hydrogens (primary N) is 1. The molecule has 0 aliphatic heterocycles. The molecule has 1 aromatic carbocycles. The van der Waals surface area contributed by atoms with E-state index in [-0.39, 0.29) is 38.0 Å². The van der Waals surface area contributed by atoms with Crippen molar-refractivity contribution < 1.29 is 14.2 Å². The maximum absolute atomic E-state index is 13.3. The van der Waals surface area contributed by atoms with E-state index in [4.69, 9.17) is 15.6 Å². The first-order chi connectivity index (χ1) is 6.77. The molecule has 3 N–H and O–H groups in total. The van der Waals surface area contributed by atoms with Crippen molar-refractivity contribution in [1.82, 2.24) is 0 Å². The first kappa shape index (κ1) is 14.3. The quantitative estimate of drug-likeness (QED) is 0.755. The molecule has 0 bridgehead atoms. The van der Waals surface area contributed by atoms with Gasteiger partial charge < -0.3 is 15.6 Å². The maximum atomic E-state index is 13.3. The normalized spacial score (nSPS) is 9.80. The zero-order valence-electron chi connectivity index (χ0n) is 8.28. The van der Waals surface area contributed by atoms with E-state index < -0.39 is 0 Å². The molecule has 15 heavy (non-hydrogen) atoms. The molecule has 0 radical (unpaired) electrons. The first-order valence-electron chi connectivity index (χ1n) is 4.44. The van der Waals surface area contributed by atoms with Crippen LogP contribution in [0.15, 0.2) is 18.2 Å². The van der Waals surface area contributed by atoms with Crippen molar-refractivity contribution in [2.75, 3.05) is 13.2 Å². The molecule has 0 aliphatic rings. The summed E-state index contributed by atoms with van der Waals surface area (Å²) in [6, 6.07) is 4.81. The van der Waals surface area contributed by atoms with Crippen LogP contribution in [-0.4, -0.2) is 18.3 Å². The lowest BCUT2D eigenvalue weighted by Gasteiger charge is -2.05. The third-order valence-corrected chi connectivity index (χ3v) is 1.85. The lowest BCUT2D eigenvalue weighted by molar-refractivity contribution is 0.0799. The van der Waals surface area contributed by atoms with Gasteiger partial charge in [-0.1, -0.05) is 12.1 Å². The van der Waals surface area contributed by atoms with Gasteiger partial charge in [-0.25, -0.2) is 4.39 Å². The van der Waals surface area contributed by atoms with Gasteiger partial charge in [-0.05, 0) is 11.6 Å². The SMILES string of the molecule is Cl.NCc1ccc(COCCO)c(F)c1. The number of hydrogen-bond donors (Lipinski definition) is 2. The van der Waals surface area contributed by atoms with Gasteiger partial charge in [0.1, 0.15) is 5.82 Å². The topological polar surface area (TPSA) is 55.5 Å². The Morgan fingerprint density at radius 1 is 1.40 bits per heavy atom. The summed E-state index contributed by atoms with van der Waals surface area (Å²) < 4.78 is 18.3. The summed E-state index contributed by atoms with van der Waals surface area (Å²) in [7, 11) is 0. The summed E-state index contributed by atoms with van der Waals surface area (Å²) in [4.78, 5) is 0. The Kier molecular flexibility index (Phi) is 7.25. The molecule has 0 atom stereocenters. The van der Waals surface area contributed by atoms with Crippen LogP contribution in [0.4, 0.5) is 4.39 Å². The number of benzene rings is 1. The predicted octanol–water partition coefficient (Wildman–Crippen LogP) is 1.22. The molecule has 0 aliphatic carbocycles. The Morgan fingerprint density at radius 3 is 2.67 bits per heavy atom. The van der Waals surface area contributed by atoms with Gasteiger partial charge in [0.25, 0.3) is 0 Å². The van der Waals surface area contributed by atoms with Gasteiger partial charge in [0.2, 0.25) is 0 Å². The zero-order valence-corrected chi connectivity index (χ0v) is 9.10. The van der Waals surface area contributed by atoms with Gasteiger partial charge >= 0.3 is 0 Å². The number of aliphatic hydroxyl groups is 1. The molecule has 0 spiro atoms. The van der Waals surface area contributed by atoms with Crippen molar-refractivity contribution in [2.45, 2.75) is 13.2 Å². The van der Waals surface area contributed by atoms with Crippen molar-refractivity contribution in [1.29, 1.82) is 0 Å².